The SMILES string of the molecule is Cc1cccc(C)c1COCCNC(C)C. The number of nitrogens with one attached hydrogen (secondary N) is 1. The van der Waals surface area contributed by atoms with E-state index < -0.39 is 0 Å². The number of benzene rings is 1. The molecule has 0 unspecified atom stereocenters. The van der Waals surface area contributed by atoms with Gasteiger partial charge < -0.3 is 10.1 Å². The van der Waals surface area contributed by atoms with Crippen LogP contribution in [0.3, 0.4) is 0 Å². The molecule has 1 aromatic carbocycles. The molecule has 0 amide bonds. The molecule has 90 valence electrons. The van der Waals surface area contributed by atoms with Crippen molar-refractivity contribution in [3.8, 4) is 0 Å². The third-order valence-corrected chi connectivity index (χ3v) is 2.69. The van der Waals surface area contributed by atoms with Gasteiger partial charge in [-0.3, -0.25) is 0 Å². The molecule has 0 bridgehead atoms. The van der Waals surface area contributed by atoms with E-state index in [4.69, 9.17) is 4.74 Å². The first kappa shape index (κ1) is 13.2. The van der Waals surface area contributed by atoms with Crippen molar-refractivity contribution in [2.45, 2.75) is 40.3 Å². The molecule has 2 nitrogen and oxygen atoms in total. The van der Waals surface area contributed by atoms with Gasteiger partial charge in [-0.05, 0) is 30.5 Å². The molecule has 0 saturated carbocycles. The van der Waals surface area contributed by atoms with Crippen molar-refractivity contribution in [3.05, 3.63) is 34.9 Å². The van der Waals surface area contributed by atoms with E-state index in [0.29, 0.717) is 6.04 Å². The van der Waals surface area contributed by atoms with E-state index in [1.165, 1.54) is 16.7 Å². The van der Waals surface area contributed by atoms with Gasteiger partial charge in [-0.15, -0.1) is 0 Å². The summed E-state index contributed by atoms with van der Waals surface area (Å²) in [5.74, 6) is 0. The van der Waals surface area contributed by atoms with Gasteiger partial charge in [0.2, 0.25) is 0 Å². The molecule has 2 heteroatoms. The molecule has 0 aliphatic heterocycles. The highest BCUT2D eigenvalue weighted by Gasteiger charge is 2.01. The van der Waals surface area contributed by atoms with Crippen molar-refractivity contribution in [2.75, 3.05) is 13.2 Å². The molecule has 16 heavy (non-hydrogen) atoms. The summed E-state index contributed by atoms with van der Waals surface area (Å²) in [6.07, 6.45) is 0. The number of aryl methyl sites for hydroxylation is 2. The fraction of sp³-hybridized carbons (Fsp3) is 0.571. The number of hydrogen-bond donors (Lipinski definition) is 1. The van der Waals surface area contributed by atoms with E-state index in [1.54, 1.807) is 0 Å². The average molecular weight is 221 g/mol. The van der Waals surface area contributed by atoms with E-state index >= 15 is 0 Å². The Morgan fingerprint density at radius 2 is 1.81 bits per heavy atom. The Balaban J connectivity index is 2.32. The Morgan fingerprint density at radius 1 is 1.19 bits per heavy atom. The normalized spacial score (nSPS) is 11.1. The van der Waals surface area contributed by atoms with Gasteiger partial charge in [0.05, 0.1) is 13.2 Å². The Labute approximate surface area is 99.0 Å². The van der Waals surface area contributed by atoms with Crippen LogP contribution in [0.15, 0.2) is 18.2 Å². The van der Waals surface area contributed by atoms with E-state index in [-0.39, 0.29) is 0 Å². The first-order valence-electron chi connectivity index (χ1n) is 5.97. The summed E-state index contributed by atoms with van der Waals surface area (Å²) in [7, 11) is 0. The summed E-state index contributed by atoms with van der Waals surface area (Å²) in [5, 5.41) is 3.34. The molecular weight excluding hydrogens is 198 g/mol. The summed E-state index contributed by atoms with van der Waals surface area (Å²) < 4.78 is 5.67. The maximum atomic E-state index is 5.67. The summed E-state index contributed by atoms with van der Waals surface area (Å²) in [4.78, 5) is 0. The molecule has 1 rings (SSSR count). The van der Waals surface area contributed by atoms with Crippen LogP contribution in [0.1, 0.15) is 30.5 Å². The average Bonchev–Trinajstić information content (AvgIpc) is 2.21. The van der Waals surface area contributed by atoms with Gasteiger partial charge in [0.1, 0.15) is 0 Å². The highest BCUT2D eigenvalue weighted by molar-refractivity contribution is 5.32. The van der Waals surface area contributed by atoms with Crippen LogP contribution in [0.5, 0.6) is 0 Å². The maximum Gasteiger partial charge on any atom is 0.0722 e. The standard InChI is InChI=1S/C14H23NO/c1-11(2)15-8-9-16-10-14-12(3)6-5-7-13(14)4/h5-7,11,15H,8-10H2,1-4H3. The van der Waals surface area contributed by atoms with Crippen LogP contribution < -0.4 is 5.32 Å². The first-order chi connectivity index (χ1) is 7.61. The Hall–Kier alpha value is -0.860. The molecule has 1 N–H and O–H groups in total. The van der Waals surface area contributed by atoms with Crippen LogP contribution in [-0.4, -0.2) is 19.2 Å². The third-order valence-electron chi connectivity index (χ3n) is 2.69. The monoisotopic (exact) mass is 221 g/mol. The van der Waals surface area contributed by atoms with Crippen LogP contribution in [0.25, 0.3) is 0 Å². The van der Waals surface area contributed by atoms with Crippen molar-refractivity contribution < 1.29 is 4.74 Å². The lowest BCUT2D eigenvalue weighted by Crippen LogP contribution is -2.26. The first-order valence-corrected chi connectivity index (χ1v) is 5.97. The number of ether oxygens (including phenoxy) is 1. The zero-order valence-electron chi connectivity index (χ0n) is 10.8. The van der Waals surface area contributed by atoms with Crippen molar-refractivity contribution in [1.29, 1.82) is 0 Å². The second kappa shape index (κ2) is 6.66. The molecule has 0 spiro atoms. The van der Waals surface area contributed by atoms with Gasteiger partial charge in [-0.25, -0.2) is 0 Å². The van der Waals surface area contributed by atoms with Crippen molar-refractivity contribution in [3.63, 3.8) is 0 Å². The Bertz CT molecular complexity index is 300. The van der Waals surface area contributed by atoms with Crippen LogP contribution in [-0.2, 0) is 11.3 Å². The molecule has 0 saturated heterocycles. The number of hydrogen-bond acceptors (Lipinski definition) is 2. The van der Waals surface area contributed by atoms with Gasteiger partial charge in [-0.2, -0.15) is 0 Å². The lowest BCUT2D eigenvalue weighted by Gasteiger charge is -2.11. The van der Waals surface area contributed by atoms with E-state index in [0.717, 1.165) is 19.8 Å². The second-order valence-corrected chi connectivity index (χ2v) is 4.53. The largest absolute Gasteiger partial charge is 0.375 e. The topological polar surface area (TPSA) is 21.3 Å². The van der Waals surface area contributed by atoms with Crippen LogP contribution >= 0.6 is 0 Å². The molecule has 0 radical (unpaired) electrons. The fourth-order valence-corrected chi connectivity index (χ4v) is 1.67. The molecule has 0 aliphatic carbocycles. The van der Waals surface area contributed by atoms with Crippen molar-refractivity contribution in [1.82, 2.24) is 5.32 Å². The summed E-state index contributed by atoms with van der Waals surface area (Å²) in [6, 6.07) is 6.90. The lowest BCUT2D eigenvalue weighted by molar-refractivity contribution is 0.120. The minimum absolute atomic E-state index is 0.531. The van der Waals surface area contributed by atoms with Gasteiger partial charge in [0.15, 0.2) is 0 Å². The Morgan fingerprint density at radius 3 is 2.38 bits per heavy atom. The molecule has 0 aromatic heterocycles. The van der Waals surface area contributed by atoms with Crippen LogP contribution in [0.2, 0.25) is 0 Å². The summed E-state index contributed by atoms with van der Waals surface area (Å²) in [5.41, 5.74) is 3.96. The quantitative estimate of drug-likeness (QED) is 0.746. The predicted molar refractivity (Wildman–Crippen MR) is 68.7 cm³/mol. The third kappa shape index (κ3) is 4.33. The van der Waals surface area contributed by atoms with E-state index in [9.17, 15) is 0 Å². The second-order valence-electron chi connectivity index (χ2n) is 4.53. The van der Waals surface area contributed by atoms with E-state index in [2.05, 4.69) is 51.2 Å². The molecular formula is C14H23NO. The predicted octanol–water partition coefficient (Wildman–Crippen LogP) is 2.82. The van der Waals surface area contributed by atoms with Gasteiger partial charge in [0.25, 0.3) is 0 Å². The highest BCUT2D eigenvalue weighted by Crippen LogP contribution is 2.13. The zero-order valence-corrected chi connectivity index (χ0v) is 10.8. The molecule has 0 fully saturated rings. The van der Waals surface area contributed by atoms with Gasteiger partial charge >= 0.3 is 0 Å². The summed E-state index contributed by atoms with van der Waals surface area (Å²) in [6.45, 7) is 11.0. The summed E-state index contributed by atoms with van der Waals surface area (Å²) >= 11 is 0. The molecule has 0 heterocycles. The lowest BCUT2D eigenvalue weighted by atomic mass is 10.0. The van der Waals surface area contributed by atoms with Gasteiger partial charge in [0, 0.05) is 12.6 Å². The maximum absolute atomic E-state index is 5.67. The molecule has 0 aliphatic rings. The smallest absolute Gasteiger partial charge is 0.0722 e. The zero-order chi connectivity index (χ0) is 12.0. The van der Waals surface area contributed by atoms with Crippen LogP contribution in [0, 0.1) is 13.8 Å². The minimum atomic E-state index is 0.531. The van der Waals surface area contributed by atoms with Crippen molar-refractivity contribution >= 4 is 0 Å². The minimum Gasteiger partial charge on any atom is -0.375 e. The fourth-order valence-electron chi connectivity index (χ4n) is 1.67. The van der Waals surface area contributed by atoms with Crippen LogP contribution in [0.4, 0.5) is 0 Å². The molecule has 1 aromatic rings. The van der Waals surface area contributed by atoms with E-state index in [1.807, 2.05) is 0 Å². The number of rotatable bonds is 6. The Kier molecular flexibility index (Phi) is 5.50. The molecule has 0 atom stereocenters. The van der Waals surface area contributed by atoms with Gasteiger partial charge in [-0.1, -0.05) is 32.0 Å². The van der Waals surface area contributed by atoms with Crippen molar-refractivity contribution in [2.24, 2.45) is 0 Å². The highest BCUT2D eigenvalue weighted by atomic mass is 16.5.